The minimum absolute atomic E-state index is 0.216. The molecule has 0 bridgehead atoms. The van der Waals surface area contributed by atoms with Gasteiger partial charge in [0.05, 0.1) is 11.2 Å². The Hall–Kier alpha value is -1.51. The monoisotopic (exact) mass is 164 g/mol. The molecule has 0 unspecified atom stereocenters. The quantitative estimate of drug-likeness (QED) is 0.665. The lowest BCUT2D eigenvalue weighted by Crippen LogP contribution is -1.84. The van der Waals surface area contributed by atoms with Gasteiger partial charge in [-0.2, -0.15) is 0 Å². The Bertz CT molecular complexity index is 406. The molecule has 0 aliphatic heterocycles. The largest absolute Gasteiger partial charge is 0.386 e. The summed E-state index contributed by atoms with van der Waals surface area (Å²) >= 11 is 0. The number of anilines is 1. The fraction of sp³-hybridized carbons (Fsp3) is 0.111. The van der Waals surface area contributed by atoms with Crippen molar-refractivity contribution in [1.82, 2.24) is 4.98 Å². The zero-order valence-electron chi connectivity index (χ0n) is 6.69. The van der Waals surface area contributed by atoms with Gasteiger partial charge in [0.2, 0.25) is 0 Å². The molecule has 0 aliphatic carbocycles. The van der Waals surface area contributed by atoms with Crippen molar-refractivity contribution in [3.8, 4) is 0 Å². The predicted molar refractivity (Wildman–Crippen MR) is 47.8 cm³/mol. The van der Waals surface area contributed by atoms with Crippen molar-refractivity contribution in [2.24, 2.45) is 0 Å². The molecule has 2 aromatic rings. The highest BCUT2D eigenvalue weighted by Gasteiger charge is 2.01. The Morgan fingerprint density at radius 2 is 2.25 bits per heavy atom. The normalized spacial score (nSPS) is 10.5. The number of H-pyrrole nitrogens is 1. The molecule has 62 valence electrons. The maximum Gasteiger partial charge on any atom is 0.125 e. The van der Waals surface area contributed by atoms with Crippen molar-refractivity contribution in [2.45, 2.75) is 0 Å². The zero-order valence-corrected chi connectivity index (χ0v) is 6.69. The summed E-state index contributed by atoms with van der Waals surface area (Å²) in [6.07, 6.45) is 1.82. The molecule has 12 heavy (non-hydrogen) atoms. The van der Waals surface area contributed by atoms with E-state index >= 15 is 0 Å². The minimum atomic E-state index is -0.216. The van der Waals surface area contributed by atoms with Crippen LogP contribution in [0.15, 0.2) is 24.4 Å². The minimum Gasteiger partial charge on any atom is -0.386 e. The van der Waals surface area contributed by atoms with E-state index in [2.05, 4.69) is 10.3 Å². The molecule has 2 nitrogen and oxygen atoms in total. The van der Waals surface area contributed by atoms with Crippen LogP contribution in [0.2, 0.25) is 0 Å². The van der Waals surface area contributed by atoms with Gasteiger partial charge in [-0.05, 0) is 18.2 Å². The summed E-state index contributed by atoms with van der Waals surface area (Å²) in [5.41, 5.74) is 1.81. The molecule has 3 heteroatoms. The molecule has 1 aromatic carbocycles. The fourth-order valence-electron chi connectivity index (χ4n) is 1.31. The predicted octanol–water partition coefficient (Wildman–Crippen LogP) is 2.35. The van der Waals surface area contributed by atoms with Gasteiger partial charge in [0.15, 0.2) is 0 Å². The molecular weight excluding hydrogens is 155 g/mol. The molecule has 0 fully saturated rings. The molecule has 0 amide bonds. The van der Waals surface area contributed by atoms with Crippen LogP contribution < -0.4 is 5.32 Å². The third-order valence-corrected chi connectivity index (χ3v) is 1.91. The second kappa shape index (κ2) is 2.52. The molecule has 2 rings (SSSR count). The van der Waals surface area contributed by atoms with Gasteiger partial charge in [0, 0.05) is 18.6 Å². The summed E-state index contributed by atoms with van der Waals surface area (Å²) in [5.74, 6) is -0.216. The fourth-order valence-corrected chi connectivity index (χ4v) is 1.31. The number of aromatic amines is 1. The van der Waals surface area contributed by atoms with Crippen molar-refractivity contribution in [3.05, 3.63) is 30.2 Å². The van der Waals surface area contributed by atoms with Crippen LogP contribution in [-0.2, 0) is 0 Å². The van der Waals surface area contributed by atoms with E-state index in [-0.39, 0.29) is 5.82 Å². The van der Waals surface area contributed by atoms with Gasteiger partial charge in [-0.1, -0.05) is 0 Å². The summed E-state index contributed by atoms with van der Waals surface area (Å²) in [6, 6.07) is 4.69. The number of hydrogen-bond donors (Lipinski definition) is 2. The summed E-state index contributed by atoms with van der Waals surface area (Å²) < 4.78 is 12.7. The van der Waals surface area contributed by atoms with E-state index in [0.717, 1.165) is 16.6 Å². The Labute approximate surface area is 69.4 Å². The van der Waals surface area contributed by atoms with Crippen LogP contribution in [0.5, 0.6) is 0 Å². The molecule has 0 radical (unpaired) electrons. The number of halogens is 1. The molecular formula is C9H9FN2. The van der Waals surface area contributed by atoms with E-state index in [4.69, 9.17) is 0 Å². The Morgan fingerprint density at radius 1 is 1.42 bits per heavy atom. The Morgan fingerprint density at radius 3 is 3.00 bits per heavy atom. The van der Waals surface area contributed by atoms with Crippen LogP contribution >= 0.6 is 0 Å². The third-order valence-electron chi connectivity index (χ3n) is 1.91. The van der Waals surface area contributed by atoms with Crippen LogP contribution in [-0.4, -0.2) is 12.0 Å². The molecule has 0 spiro atoms. The maximum atomic E-state index is 12.7. The van der Waals surface area contributed by atoms with E-state index in [1.807, 2.05) is 13.2 Å². The smallest absolute Gasteiger partial charge is 0.125 e. The average Bonchev–Trinajstić information content (AvgIpc) is 2.46. The van der Waals surface area contributed by atoms with E-state index in [9.17, 15) is 4.39 Å². The maximum absolute atomic E-state index is 12.7. The highest BCUT2D eigenvalue weighted by molar-refractivity contribution is 5.92. The van der Waals surface area contributed by atoms with Gasteiger partial charge in [0.1, 0.15) is 5.82 Å². The van der Waals surface area contributed by atoms with Crippen LogP contribution in [0.4, 0.5) is 10.1 Å². The number of nitrogens with one attached hydrogen (secondary N) is 2. The Balaban J connectivity index is 2.73. The van der Waals surface area contributed by atoms with Crippen molar-refractivity contribution in [2.75, 3.05) is 12.4 Å². The molecule has 1 heterocycles. The molecule has 1 aromatic heterocycles. The lowest BCUT2D eigenvalue weighted by molar-refractivity contribution is 0.629. The Kier molecular flexibility index (Phi) is 1.50. The first-order valence-corrected chi connectivity index (χ1v) is 3.75. The lowest BCUT2D eigenvalue weighted by Gasteiger charge is -1.95. The number of fused-ring (bicyclic) bond motifs is 1. The number of aromatic nitrogens is 1. The van der Waals surface area contributed by atoms with Gasteiger partial charge in [0.25, 0.3) is 0 Å². The van der Waals surface area contributed by atoms with Crippen LogP contribution in [0.1, 0.15) is 0 Å². The van der Waals surface area contributed by atoms with Crippen LogP contribution in [0.3, 0.4) is 0 Å². The SMILES string of the molecule is CNc1c[nH]c2cc(F)ccc12. The summed E-state index contributed by atoms with van der Waals surface area (Å²) in [7, 11) is 1.84. The van der Waals surface area contributed by atoms with Crippen molar-refractivity contribution < 1.29 is 4.39 Å². The molecule has 2 N–H and O–H groups in total. The van der Waals surface area contributed by atoms with Gasteiger partial charge >= 0.3 is 0 Å². The second-order valence-corrected chi connectivity index (χ2v) is 2.64. The zero-order chi connectivity index (χ0) is 8.55. The van der Waals surface area contributed by atoms with E-state index in [1.165, 1.54) is 12.1 Å². The first-order chi connectivity index (χ1) is 5.81. The van der Waals surface area contributed by atoms with E-state index in [1.54, 1.807) is 6.07 Å². The lowest BCUT2D eigenvalue weighted by atomic mass is 10.2. The van der Waals surface area contributed by atoms with Gasteiger partial charge in [-0.3, -0.25) is 0 Å². The average molecular weight is 164 g/mol. The molecule has 0 atom stereocenters. The standard InChI is InChI=1S/C9H9FN2/c1-11-9-5-12-8-4-6(10)2-3-7(8)9/h2-5,11-12H,1H3. The first-order valence-electron chi connectivity index (χ1n) is 3.75. The third kappa shape index (κ3) is 0.942. The van der Waals surface area contributed by atoms with Crippen LogP contribution in [0.25, 0.3) is 10.9 Å². The number of rotatable bonds is 1. The second-order valence-electron chi connectivity index (χ2n) is 2.64. The van der Waals surface area contributed by atoms with E-state index in [0.29, 0.717) is 0 Å². The van der Waals surface area contributed by atoms with Crippen molar-refractivity contribution in [1.29, 1.82) is 0 Å². The first kappa shape index (κ1) is 7.16. The molecule has 0 saturated heterocycles. The van der Waals surface area contributed by atoms with Crippen molar-refractivity contribution >= 4 is 16.6 Å². The summed E-state index contributed by atoms with van der Waals surface area (Å²) in [4.78, 5) is 2.98. The van der Waals surface area contributed by atoms with E-state index < -0.39 is 0 Å². The molecule has 0 aliphatic rings. The topological polar surface area (TPSA) is 27.8 Å². The van der Waals surface area contributed by atoms with Gasteiger partial charge in [-0.25, -0.2) is 4.39 Å². The highest BCUT2D eigenvalue weighted by atomic mass is 19.1. The van der Waals surface area contributed by atoms with Crippen molar-refractivity contribution in [3.63, 3.8) is 0 Å². The number of hydrogen-bond acceptors (Lipinski definition) is 1. The van der Waals surface area contributed by atoms with Gasteiger partial charge < -0.3 is 10.3 Å². The summed E-state index contributed by atoms with van der Waals surface area (Å²) in [6.45, 7) is 0. The highest BCUT2D eigenvalue weighted by Crippen LogP contribution is 2.22. The number of benzene rings is 1. The summed E-state index contributed by atoms with van der Waals surface area (Å²) in [5, 5.41) is 4.03. The molecule has 0 saturated carbocycles. The van der Waals surface area contributed by atoms with Crippen LogP contribution in [0, 0.1) is 5.82 Å². The van der Waals surface area contributed by atoms with Gasteiger partial charge in [-0.15, -0.1) is 0 Å².